The first-order valence-corrected chi connectivity index (χ1v) is 8.51. The largest absolute Gasteiger partial charge is 0.322 e. The molecule has 22 heavy (non-hydrogen) atoms. The number of carbonyl (C=O) groups is 1. The maximum Gasteiger partial charge on any atom is 0.321 e. The molecule has 0 aliphatic carbocycles. The molecule has 0 radical (unpaired) electrons. The summed E-state index contributed by atoms with van der Waals surface area (Å²) >= 11 is 1.73. The normalized spacial score (nSPS) is 15.8. The predicted octanol–water partition coefficient (Wildman–Crippen LogP) is 3.41. The van der Waals surface area contributed by atoms with E-state index in [1.807, 2.05) is 36.1 Å². The minimum atomic E-state index is 0.000725. The first-order valence-electron chi connectivity index (χ1n) is 7.57. The van der Waals surface area contributed by atoms with Gasteiger partial charge in [-0.1, -0.05) is 12.1 Å². The van der Waals surface area contributed by atoms with Crippen molar-refractivity contribution in [1.82, 2.24) is 9.80 Å². The van der Waals surface area contributed by atoms with Crippen molar-refractivity contribution >= 4 is 23.1 Å². The SMILES string of the molecule is Cc1cccc(NC(=O)N2CCN(Cc3ccsc3)CC2)c1. The number of rotatable bonds is 3. The third kappa shape index (κ3) is 3.87. The van der Waals surface area contributed by atoms with Crippen LogP contribution in [0.4, 0.5) is 10.5 Å². The molecular formula is C17H21N3OS. The molecule has 2 amide bonds. The Balaban J connectivity index is 1.49. The lowest BCUT2D eigenvalue weighted by molar-refractivity contribution is 0.143. The third-order valence-electron chi connectivity index (χ3n) is 3.92. The number of nitrogens with zero attached hydrogens (tertiary/aromatic N) is 2. The Morgan fingerprint density at radius 2 is 2.05 bits per heavy atom. The molecule has 1 aromatic carbocycles. The monoisotopic (exact) mass is 315 g/mol. The van der Waals surface area contributed by atoms with Crippen molar-refractivity contribution in [3.05, 3.63) is 52.2 Å². The second-order valence-corrected chi connectivity index (χ2v) is 6.47. The van der Waals surface area contributed by atoms with Crippen LogP contribution in [0.15, 0.2) is 41.1 Å². The highest BCUT2D eigenvalue weighted by atomic mass is 32.1. The summed E-state index contributed by atoms with van der Waals surface area (Å²) in [4.78, 5) is 16.6. The minimum Gasteiger partial charge on any atom is -0.322 e. The molecule has 0 unspecified atom stereocenters. The van der Waals surface area contributed by atoms with Gasteiger partial charge < -0.3 is 10.2 Å². The first-order chi connectivity index (χ1) is 10.7. The van der Waals surface area contributed by atoms with Crippen LogP contribution in [0, 0.1) is 6.92 Å². The summed E-state index contributed by atoms with van der Waals surface area (Å²) in [5, 5.41) is 7.29. The molecule has 3 rings (SSSR count). The van der Waals surface area contributed by atoms with Crippen LogP contribution in [0.25, 0.3) is 0 Å². The summed E-state index contributed by atoms with van der Waals surface area (Å²) in [7, 11) is 0. The highest BCUT2D eigenvalue weighted by molar-refractivity contribution is 7.07. The molecule has 4 nitrogen and oxygen atoms in total. The van der Waals surface area contributed by atoms with E-state index in [9.17, 15) is 4.79 Å². The number of nitrogens with one attached hydrogen (secondary N) is 1. The zero-order valence-electron chi connectivity index (χ0n) is 12.8. The van der Waals surface area contributed by atoms with Crippen LogP contribution in [0.1, 0.15) is 11.1 Å². The molecular weight excluding hydrogens is 294 g/mol. The van der Waals surface area contributed by atoms with Crippen molar-refractivity contribution in [2.75, 3.05) is 31.5 Å². The van der Waals surface area contributed by atoms with Gasteiger partial charge in [0.15, 0.2) is 0 Å². The molecule has 0 saturated carbocycles. The van der Waals surface area contributed by atoms with E-state index in [2.05, 4.69) is 27.0 Å². The van der Waals surface area contributed by atoms with Gasteiger partial charge in [-0.3, -0.25) is 4.90 Å². The minimum absolute atomic E-state index is 0.000725. The summed E-state index contributed by atoms with van der Waals surface area (Å²) in [5.41, 5.74) is 3.38. The van der Waals surface area contributed by atoms with Crippen molar-refractivity contribution in [3.8, 4) is 0 Å². The Hall–Kier alpha value is -1.85. The molecule has 1 saturated heterocycles. The zero-order chi connectivity index (χ0) is 15.4. The number of hydrogen-bond acceptors (Lipinski definition) is 3. The summed E-state index contributed by atoms with van der Waals surface area (Å²) in [5.74, 6) is 0. The molecule has 2 heterocycles. The second-order valence-electron chi connectivity index (χ2n) is 5.69. The number of amides is 2. The van der Waals surface area contributed by atoms with Crippen LogP contribution in [0.5, 0.6) is 0 Å². The van der Waals surface area contributed by atoms with Gasteiger partial charge in [0.05, 0.1) is 0 Å². The number of carbonyl (C=O) groups excluding carboxylic acids is 1. The molecule has 0 spiro atoms. The molecule has 1 N–H and O–H groups in total. The number of aryl methyl sites for hydroxylation is 1. The van der Waals surface area contributed by atoms with Crippen molar-refractivity contribution in [2.45, 2.75) is 13.5 Å². The maximum atomic E-state index is 12.3. The third-order valence-corrected chi connectivity index (χ3v) is 4.65. The van der Waals surface area contributed by atoms with E-state index in [0.29, 0.717) is 0 Å². The fraction of sp³-hybridized carbons (Fsp3) is 0.353. The Morgan fingerprint density at radius 3 is 2.73 bits per heavy atom. The van der Waals surface area contributed by atoms with E-state index in [-0.39, 0.29) is 6.03 Å². The van der Waals surface area contributed by atoms with E-state index >= 15 is 0 Å². The molecule has 116 valence electrons. The smallest absolute Gasteiger partial charge is 0.321 e. The maximum absolute atomic E-state index is 12.3. The number of piperazine rings is 1. The van der Waals surface area contributed by atoms with Crippen LogP contribution in [-0.2, 0) is 6.54 Å². The van der Waals surface area contributed by atoms with Gasteiger partial charge in [-0.2, -0.15) is 11.3 Å². The Labute approximate surface area is 135 Å². The number of urea groups is 1. The summed E-state index contributed by atoms with van der Waals surface area (Å²) < 4.78 is 0. The predicted molar refractivity (Wildman–Crippen MR) is 91.4 cm³/mol. The van der Waals surface area contributed by atoms with Gasteiger partial charge in [0.25, 0.3) is 0 Å². The Kier molecular flexibility index (Phi) is 4.75. The molecule has 1 aliphatic rings. The Bertz CT molecular complexity index is 619. The fourth-order valence-corrected chi connectivity index (χ4v) is 3.34. The molecule has 0 atom stereocenters. The molecule has 1 aromatic heterocycles. The molecule has 2 aromatic rings. The van der Waals surface area contributed by atoms with Crippen LogP contribution in [0.2, 0.25) is 0 Å². The van der Waals surface area contributed by atoms with Gasteiger partial charge in [-0.05, 0) is 47.0 Å². The van der Waals surface area contributed by atoms with Crippen LogP contribution in [-0.4, -0.2) is 42.0 Å². The van der Waals surface area contributed by atoms with Crippen LogP contribution in [0.3, 0.4) is 0 Å². The Morgan fingerprint density at radius 1 is 1.23 bits per heavy atom. The van der Waals surface area contributed by atoms with Gasteiger partial charge in [0.1, 0.15) is 0 Å². The van der Waals surface area contributed by atoms with Crippen molar-refractivity contribution in [3.63, 3.8) is 0 Å². The topological polar surface area (TPSA) is 35.6 Å². The van der Waals surface area contributed by atoms with Gasteiger partial charge in [0.2, 0.25) is 0 Å². The van der Waals surface area contributed by atoms with E-state index in [4.69, 9.17) is 0 Å². The van der Waals surface area contributed by atoms with Gasteiger partial charge in [-0.15, -0.1) is 0 Å². The average Bonchev–Trinajstić information content (AvgIpc) is 3.01. The average molecular weight is 315 g/mol. The molecule has 1 aliphatic heterocycles. The fourth-order valence-electron chi connectivity index (χ4n) is 2.68. The highest BCUT2D eigenvalue weighted by Crippen LogP contribution is 2.14. The van der Waals surface area contributed by atoms with Gasteiger partial charge in [0, 0.05) is 38.4 Å². The first kappa shape index (κ1) is 15.1. The zero-order valence-corrected chi connectivity index (χ0v) is 13.6. The lowest BCUT2D eigenvalue weighted by Gasteiger charge is -2.34. The summed E-state index contributed by atoms with van der Waals surface area (Å²) in [6.07, 6.45) is 0. The van der Waals surface area contributed by atoms with E-state index in [1.165, 1.54) is 5.56 Å². The van der Waals surface area contributed by atoms with E-state index in [0.717, 1.165) is 44.0 Å². The molecule has 5 heteroatoms. The molecule has 0 bridgehead atoms. The van der Waals surface area contributed by atoms with Crippen molar-refractivity contribution < 1.29 is 4.79 Å². The number of thiophene rings is 1. The van der Waals surface area contributed by atoms with E-state index < -0.39 is 0 Å². The quantitative estimate of drug-likeness (QED) is 0.942. The lowest BCUT2D eigenvalue weighted by atomic mass is 10.2. The molecule has 1 fully saturated rings. The van der Waals surface area contributed by atoms with Crippen LogP contribution >= 0.6 is 11.3 Å². The van der Waals surface area contributed by atoms with Gasteiger partial charge >= 0.3 is 6.03 Å². The van der Waals surface area contributed by atoms with Crippen molar-refractivity contribution in [2.24, 2.45) is 0 Å². The highest BCUT2D eigenvalue weighted by Gasteiger charge is 2.21. The number of benzene rings is 1. The second kappa shape index (κ2) is 6.94. The lowest BCUT2D eigenvalue weighted by Crippen LogP contribution is -2.49. The summed E-state index contributed by atoms with van der Waals surface area (Å²) in [6.45, 7) is 6.42. The van der Waals surface area contributed by atoms with Crippen molar-refractivity contribution in [1.29, 1.82) is 0 Å². The summed E-state index contributed by atoms with van der Waals surface area (Å²) in [6, 6.07) is 10.1. The standard InChI is InChI=1S/C17H21N3OS/c1-14-3-2-4-16(11-14)18-17(21)20-8-6-19(7-9-20)12-15-5-10-22-13-15/h2-5,10-11,13H,6-9,12H2,1H3,(H,18,21). The number of hydrogen-bond donors (Lipinski definition) is 1. The van der Waals surface area contributed by atoms with Crippen LogP contribution < -0.4 is 5.32 Å². The van der Waals surface area contributed by atoms with Gasteiger partial charge in [-0.25, -0.2) is 4.79 Å². The number of anilines is 1. The van der Waals surface area contributed by atoms with E-state index in [1.54, 1.807) is 11.3 Å².